The van der Waals surface area contributed by atoms with E-state index in [0.29, 0.717) is 10.7 Å². The van der Waals surface area contributed by atoms with Crippen LogP contribution in [0.5, 0.6) is 0 Å². The summed E-state index contributed by atoms with van der Waals surface area (Å²) in [5.41, 5.74) is 1.44. The minimum Gasteiger partial charge on any atom is -0.477 e. The Morgan fingerprint density at radius 3 is 2.70 bits per heavy atom. The van der Waals surface area contributed by atoms with Crippen LogP contribution in [-0.4, -0.2) is 22.0 Å². The Morgan fingerprint density at radius 2 is 2.00 bits per heavy atom. The molecule has 0 atom stereocenters. The lowest BCUT2D eigenvalue weighted by molar-refractivity contribution is 0.0690. The Kier molecular flexibility index (Phi) is 4.00. The van der Waals surface area contributed by atoms with E-state index < -0.39 is 11.9 Å². The lowest BCUT2D eigenvalue weighted by atomic mass is 10.2. The van der Waals surface area contributed by atoms with Crippen molar-refractivity contribution in [3.05, 3.63) is 58.4 Å². The third-order valence-electron chi connectivity index (χ3n) is 2.61. The average Bonchev–Trinajstić information content (AvgIpc) is 2.43. The van der Waals surface area contributed by atoms with Crippen LogP contribution >= 0.6 is 11.6 Å². The molecule has 1 aromatic carbocycles. The second kappa shape index (κ2) is 5.71. The van der Waals surface area contributed by atoms with E-state index in [1.165, 1.54) is 18.3 Å². The lowest BCUT2D eigenvalue weighted by Gasteiger charge is -2.08. The Morgan fingerprint density at radius 1 is 1.25 bits per heavy atom. The summed E-state index contributed by atoms with van der Waals surface area (Å²) in [5.74, 6) is -1.63. The third-order valence-corrected chi connectivity index (χ3v) is 2.94. The highest BCUT2D eigenvalue weighted by molar-refractivity contribution is 6.34. The minimum absolute atomic E-state index is 0.187. The van der Waals surface area contributed by atoms with Gasteiger partial charge < -0.3 is 10.4 Å². The Hall–Kier alpha value is -2.40. The molecule has 20 heavy (non-hydrogen) atoms. The van der Waals surface area contributed by atoms with Gasteiger partial charge >= 0.3 is 5.97 Å². The predicted molar refractivity (Wildman–Crippen MR) is 75.3 cm³/mol. The van der Waals surface area contributed by atoms with E-state index in [2.05, 4.69) is 10.3 Å². The van der Waals surface area contributed by atoms with Gasteiger partial charge in [-0.2, -0.15) is 0 Å². The monoisotopic (exact) mass is 290 g/mol. The van der Waals surface area contributed by atoms with E-state index in [1.54, 1.807) is 12.1 Å². The maximum absolute atomic E-state index is 12.1. The highest BCUT2D eigenvalue weighted by Crippen LogP contribution is 2.23. The number of hydrogen-bond acceptors (Lipinski definition) is 3. The maximum Gasteiger partial charge on any atom is 0.354 e. The van der Waals surface area contributed by atoms with Crippen LogP contribution < -0.4 is 5.32 Å². The summed E-state index contributed by atoms with van der Waals surface area (Å²) in [7, 11) is 0. The molecule has 0 spiro atoms. The van der Waals surface area contributed by atoms with Crippen LogP contribution in [0.3, 0.4) is 0 Å². The van der Waals surface area contributed by atoms with Gasteiger partial charge in [-0.15, -0.1) is 0 Å². The van der Waals surface area contributed by atoms with Gasteiger partial charge in [-0.05, 0) is 36.8 Å². The fourth-order valence-corrected chi connectivity index (χ4v) is 1.78. The molecule has 1 amide bonds. The Balaban J connectivity index is 2.26. The van der Waals surface area contributed by atoms with E-state index >= 15 is 0 Å². The molecule has 2 aromatic rings. The summed E-state index contributed by atoms with van der Waals surface area (Å²) < 4.78 is 0. The summed E-state index contributed by atoms with van der Waals surface area (Å²) in [6, 6.07) is 7.89. The summed E-state index contributed by atoms with van der Waals surface area (Å²) in [5, 5.41) is 11.9. The zero-order chi connectivity index (χ0) is 14.7. The summed E-state index contributed by atoms with van der Waals surface area (Å²) in [6.07, 6.45) is 1.27. The van der Waals surface area contributed by atoms with Crippen LogP contribution in [0.25, 0.3) is 0 Å². The van der Waals surface area contributed by atoms with E-state index in [-0.39, 0.29) is 11.3 Å². The van der Waals surface area contributed by atoms with E-state index in [4.69, 9.17) is 16.7 Å². The smallest absolute Gasteiger partial charge is 0.354 e. The van der Waals surface area contributed by atoms with Gasteiger partial charge in [-0.1, -0.05) is 17.7 Å². The molecule has 0 saturated carbocycles. The number of anilines is 1. The maximum atomic E-state index is 12.1. The number of benzene rings is 1. The minimum atomic E-state index is -1.19. The fourth-order valence-electron chi connectivity index (χ4n) is 1.62. The van der Waals surface area contributed by atoms with Crippen LogP contribution in [0.2, 0.25) is 5.02 Å². The summed E-state index contributed by atoms with van der Waals surface area (Å²) in [6.45, 7) is 1.88. The molecule has 0 fully saturated rings. The van der Waals surface area contributed by atoms with Crippen LogP contribution in [0.1, 0.15) is 26.4 Å². The van der Waals surface area contributed by atoms with Gasteiger partial charge in [0.05, 0.1) is 10.7 Å². The molecular weight excluding hydrogens is 280 g/mol. The topological polar surface area (TPSA) is 79.3 Å². The number of pyridine rings is 1. The molecule has 0 radical (unpaired) electrons. The molecule has 0 unspecified atom stereocenters. The number of halogens is 1. The molecule has 6 heteroatoms. The molecule has 0 aliphatic carbocycles. The van der Waals surface area contributed by atoms with Crippen LogP contribution in [0.4, 0.5) is 5.69 Å². The van der Waals surface area contributed by atoms with Crippen molar-refractivity contribution in [3.8, 4) is 0 Å². The molecule has 0 aliphatic heterocycles. The van der Waals surface area contributed by atoms with Gasteiger partial charge in [0.25, 0.3) is 5.91 Å². The number of aryl methyl sites for hydroxylation is 1. The normalized spacial score (nSPS) is 10.1. The number of rotatable bonds is 3. The number of carboxylic acids is 1. The van der Waals surface area contributed by atoms with Crippen molar-refractivity contribution in [2.24, 2.45) is 0 Å². The molecule has 102 valence electrons. The molecule has 0 saturated heterocycles. The van der Waals surface area contributed by atoms with Crippen LogP contribution in [0, 0.1) is 6.92 Å². The number of hydrogen-bond donors (Lipinski definition) is 2. The van der Waals surface area contributed by atoms with Crippen molar-refractivity contribution < 1.29 is 14.7 Å². The number of aromatic nitrogens is 1. The van der Waals surface area contributed by atoms with Crippen molar-refractivity contribution >= 4 is 29.2 Å². The zero-order valence-electron chi connectivity index (χ0n) is 10.6. The first-order chi connectivity index (χ1) is 9.47. The quantitative estimate of drug-likeness (QED) is 0.911. The Bertz CT molecular complexity index is 686. The highest BCUT2D eigenvalue weighted by Gasteiger charge is 2.12. The summed E-state index contributed by atoms with van der Waals surface area (Å²) >= 11 is 5.99. The van der Waals surface area contributed by atoms with E-state index in [9.17, 15) is 9.59 Å². The zero-order valence-corrected chi connectivity index (χ0v) is 11.3. The Labute approximate surface area is 120 Å². The first kappa shape index (κ1) is 14.0. The van der Waals surface area contributed by atoms with Crippen molar-refractivity contribution in [2.75, 3.05) is 5.32 Å². The molecule has 5 nitrogen and oxygen atoms in total. The van der Waals surface area contributed by atoms with Crippen LogP contribution in [0.15, 0.2) is 36.5 Å². The standard InChI is InChI=1S/C14H11ClN2O3/c1-8-2-3-10(15)11(6-8)17-13(18)9-4-5-16-12(7-9)14(19)20/h2-7H,1H3,(H,17,18)(H,19,20). The van der Waals surface area contributed by atoms with Gasteiger partial charge in [-0.3, -0.25) is 4.79 Å². The number of aromatic carboxylic acids is 1. The van der Waals surface area contributed by atoms with Crippen LogP contribution in [-0.2, 0) is 0 Å². The van der Waals surface area contributed by atoms with E-state index in [0.717, 1.165) is 5.56 Å². The van der Waals surface area contributed by atoms with Gasteiger partial charge in [0.15, 0.2) is 0 Å². The third kappa shape index (κ3) is 3.13. The fraction of sp³-hybridized carbons (Fsp3) is 0.0714. The second-order valence-electron chi connectivity index (χ2n) is 4.17. The summed E-state index contributed by atoms with van der Waals surface area (Å²) in [4.78, 5) is 26.5. The van der Waals surface area contributed by atoms with Gasteiger partial charge in [0.2, 0.25) is 0 Å². The molecule has 0 bridgehead atoms. The number of carbonyl (C=O) groups excluding carboxylic acids is 1. The van der Waals surface area contributed by atoms with Crippen molar-refractivity contribution in [3.63, 3.8) is 0 Å². The van der Waals surface area contributed by atoms with Crippen molar-refractivity contribution in [2.45, 2.75) is 6.92 Å². The number of carbonyl (C=O) groups is 2. The number of carboxylic acid groups (broad SMARTS) is 1. The molecule has 1 heterocycles. The first-order valence-electron chi connectivity index (χ1n) is 5.74. The van der Waals surface area contributed by atoms with Gasteiger partial charge in [0.1, 0.15) is 5.69 Å². The molecular formula is C14H11ClN2O3. The largest absolute Gasteiger partial charge is 0.477 e. The molecule has 1 aromatic heterocycles. The number of amides is 1. The van der Waals surface area contributed by atoms with Gasteiger partial charge in [0, 0.05) is 11.8 Å². The highest BCUT2D eigenvalue weighted by atomic mass is 35.5. The second-order valence-corrected chi connectivity index (χ2v) is 4.58. The van der Waals surface area contributed by atoms with E-state index in [1.807, 2.05) is 13.0 Å². The predicted octanol–water partition coefficient (Wildman–Crippen LogP) is 2.99. The number of nitrogens with one attached hydrogen (secondary N) is 1. The van der Waals surface area contributed by atoms with Crippen molar-refractivity contribution in [1.82, 2.24) is 4.98 Å². The molecule has 0 aliphatic rings. The van der Waals surface area contributed by atoms with Gasteiger partial charge in [-0.25, -0.2) is 9.78 Å². The molecule has 2 rings (SSSR count). The number of nitrogens with zero attached hydrogens (tertiary/aromatic N) is 1. The average molecular weight is 291 g/mol. The first-order valence-corrected chi connectivity index (χ1v) is 6.12. The SMILES string of the molecule is Cc1ccc(Cl)c(NC(=O)c2ccnc(C(=O)O)c2)c1. The molecule has 2 N–H and O–H groups in total. The van der Waals surface area contributed by atoms with Crippen molar-refractivity contribution in [1.29, 1.82) is 0 Å². The lowest BCUT2D eigenvalue weighted by Crippen LogP contribution is -2.14.